The van der Waals surface area contributed by atoms with Gasteiger partial charge in [-0.1, -0.05) is 54.6 Å². The molecule has 3 aromatic rings. The quantitative estimate of drug-likeness (QED) is 0.759. The molecule has 0 heterocycles. The van der Waals surface area contributed by atoms with Crippen molar-refractivity contribution >= 4 is 32.4 Å². The van der Waals surface area contributed by atoms with Crippen LogP contribution in [0.5, 0.6) is 0 Å². The van der Waals surface area contributed by atoms with Crippen molar-refractivity contribution in [3.63, 3.8) is 0 Å². The number of rotatable bonds is 3. The molecule has 0 atom stereocenters. The number of carbonyl (C=O) groups excluding carboxylic acids is 2. The second kappa shape index (κ2) is 6.26. The summed E-state index contributed by atoms with van der Waals surface area (Å²) in [6.45, 7) is 0. The predicted octanol–water partition coefficient (Wildman–Crippen LogP) is 3.04. The highest BCUT2D eigenvalue weighted by atomic mass is 32.2. The van der Waals surface area contributed by atoms with E-state index in [1.807, 2.05) is 42.5 Å². The molecular weight excluding hydrogens is 362 g/mol. The molecule has 0 radical (unpaired) electrons. The minimum Gasteiger partial charge on any atom is -0.289 e. The Labute approximate surface area is 156 Å². The fraction of sp³-hybridized carbons (Fsp3) is 0.0476. The van der Waals surface area contributed by atoms with Crippen LogP contribution in [0.1, 0.15) is 26.3 Å². The molecule has 0 aromatic heterocycles. The lowest BCUT2D eigenvalue weighted by molar-refractivity contribution is 0.0980. The Morgan fingerprint density at radius 2 is 1.59 bits per heavy atom. The number of ketones is 2. The second-order valence-electron chi connectivity index (χ2n) is 6.44. The lowest BCUT2D eigenvalue weighted by Crippen LogP contribution is -2.23. The molecule has 1 aliphatic carbocycles. The first kappa shape index (κ1) is 17.3. The predicted molar refractivity (Wildman–Crippen MR) is 102 cm³/mol. The number of primary sulfonamides is 1. The molecule has 0 saturated carbocycles. The fourth-order valence-corrected chi connectivity index (χ4v) is 4.14. The standard InChI is InChI=1S/C21H15NO4S/c22-27(25,26)19-7-3-6-17-20(19)18(23)12-16(21(17)24)11-13-8-9-14-4-1-2-5-15(14)10-13/h1-10,12H,11H2,(H2,22,25,26). The normalized spacial score (nSPS) is 14.2. The first-order valence-corrected chi connectivity index (χ1v) is 9.82. The summed E-state index contributed by atoms with van der Waals surface area (Å²) in [4.78, 5) is 25.1. The van der Waals surface area contributed by atoms with E-state index < -0.39 is 15.8 Å². The minimum atomic E-state index is -4.10. The van der Waals surface area contributed by atoms with E-state index in [9.17, 15) is 18.0 Å². The highest BCUT2D eigenvalue weighted by Crippen LogP contribution is 2.28. The Kier molecular flexibility index (Phi) is 4.02. The first-order valence-electron chi connectivity index (χ1n) is 8.28. The van der Waals surface area contributed by atoms with Crippen molar-refractivity contribution in [2.75, 3.05) is 0 Å². The minimum absolute atomic E-state index is 0.0739. The number of fused-ring (bicyclic) bond motifs is 2. The SMILES string of the molecule is NS(=O)(=O)c1cccc2c1C(=O)C=C(Cc1ccc3ccccc3c1)C2=O. The van der Waals surface area contributed by atoms with Gasteiger partial charge in [-0.3, -0.25) is 9.59 Å². The molecule has 0 saturated heterocycles. The number of allylic oxidation sites excluding steroid dienone is 2. The van der Waals surface area contributed by atoms with Gasteiger partial charge in [0.05, 0.1) is 10.5 Å². The van der Waals surface area contributed by atoms with Gasteiger partial charge in [-0.15, -0.1) is 0 Å². The molecule has 134 valence electrons. The average Bonchev–Trinajstić information content (AvgIpc) is 2.64. The van der Waals surface area contributed by atoms with Crippen molar-refractivity contribution in [1.82, 2.24) is 0 Å². The summed E-state index contributed by atoms with van der Waals surface area (Å²) in [5.74, 6) is -0.881. The summed E-state index contributed by atoms with van der Waals surface area (Å²) >= 11 is 0. The molecule has 6 heteroatoms. The van der Waals surface area contributed by atoms with Gasteiger partial charge in [0.2, 0.25) is 10.0 Å². The number of hydrogen-bond acceptors (Lipinski definition) is 4. The van der Waals surface area contributed by atoms with E-state index in [1.165, 1.54) is 24.3 Å². The van der Waals surface area contributed by atoms with Crippen LogP contribution in [0, 0.1) is 0 Å². The van der Waals surface area contributed by atoms with E-state index in [0.29, 0.717) is 5.57 Å². The summed E-state index contributed by atoms with van der Waals surface area (Å²) in [7, 11) is -4.10. The molecule has 4 rings (SSSR count). The van der Waals surface area contributed by atoms with Gasteiger partial charge < -0.3 is 0 Å². The number of nitrogens with two attached hydrogens (primary N) is 1. The van der Waals surface area contributed by atoms with Crippen molar-refractivity contribution in [1.29, 1.82) is 0 Å². The maximum absolute atomic E-state index is 12.9. The highest BCUT2D eigenvalue weighted by Gasteiger charge is 2.30. The third-order valence-electron chi connectivity index (χ3n) is 4.63. The van der Waals surface area contributed by atoms with Crippen LogP contribution in [-0.2, 0) is 16.4 Å². The third kappa shape index (κ3) is 3.09. The van der Waals surface area contributed by atoms with E-state index >= 15 is 0 Å². The summed E-state index contributed by atoms with van der Waals surface area (Å²) < 4.78 is 23.5. The molecule has 3 aromatic carbocycles. The monoisotopic (exact) mass is 377 g/mol. The van der Waals surface area contributed by atoms with Crippen molar-refractivity contribution in [2.45, 2.75) is 11.3 Å². The Balaban J connectivity index is 1.75. The van der Waals surface area contributed by atoms with Crippen LogP contribution < -0.4 is 5.14 Å². The molecule has 2 N–H and O–H groups in total. The van der Waals surface area contributed by atoms with Crippen LogP contribution in [0.15, 0.2) is 77.2 Å². The van der Waals surface area contributed by atoms with Crippen LogP contribution in [0.2, 0.25) is 0 Å². The average molecular weight is 377 g/mol. The lowest BCUT2D eigenvalue weighted by atomic mass is 9.86. The smallest absolute Gasteiger partial charge is 0.238 e. The molecule has 0 aliphatic heterocycles. The molecular formula is C21H15NO4S. The van der Waals surface area contributed by atoms with Crippen LogP contribution >= 0.6 is 0 Å². The van der Waals surface area contributed by atoms with Gasteiger partial charge >= 0.3 is 0 Å². The number of sulfonamides is 1. The molecule has 0 unspecified atom stereocenters. The summed E-state index contributed by atoms with van der Waals surface area (Å²) in [6.07, 6.45) is 1.50. The first-order chi connectivity index (χ1) is 12.8. The Morgan fingerprint density at radius 3 is 2.33 bits per heavy atom. The summed E-state index contributed by atoms with van der Waals surface area (Å²) in [6, 6.07) is 17.8. The zero-order valence-electron chi connectivity index (χ0n) is 14.2. The number of benzene rings is 3. The van der Waals surface area contributed by atoms with Gasteiger partial charge in [0.15, 0.2) is 11.6 Å². The van der Waals surface area contributed by atoms with Gasteiger partial charge in [-0.05, 0) is 28.5 Å². The van der Waals surface area contributed by atoms with E-state index in [-0.39, 0.29) is 28.2 Å². The number of carbonyl (C=O) groups is 2. The fourth-order valence-electron chi connectivity index (χ4n) is 3.38. The van der Waals surface area contributed by atoms with E-state index in [0.717, 1.165) is 16.3 Å². The zero-order chi connectivity index (χ0) is 19.2. The van der Waals surface area contributed by atoms with Gasteiger partial charge in [0.25, 0.3) is 0 Å². The largest absolute Gasteiger partial charge is 0.289 e. The van der Waals surface area contributed by atoms with Crippen LogP contribution in [0.25, 0.3) is 10.8 Å². The van der Waals surface area contributed by atoms with Crippen LogP contribution in [0.3, 0.4) is 0 Å². The second-order valence-corrected chi connectivity index (χ2v) is 7.97. The van der Waals surface area contributed by atoms with Gasteiger partial charge in [-0.25, -0.2) is 13.6 Å². The number of hydrogen-bond donors (Lipinski definition) is 1. The Hall–Kier alpha value is -3.09. The molecule has 1 aliphatic rings. The van der Waals surface area contributed by atoms with Crippen molar-refractivity contribution < 1.29 is 18.0 Å². The van der Waals surface area contributed by atoms with Crippen LogP contribution in [-0.4, -0.2) is 20.0 Å². The molecule has 0 amide bonds. The van der Waals surface area contributed by atoms with E-state index in [4.69, 9.17) is 5.14 Å². The zero-order valence-corrected chi connectivity index (χ0v) is 15.0. The van der Waals surface area contributed by atoms with Crippen molar-refractivity contribution in [2.24, 2.45) is 5.14 Å². The summed E-state index contributed by atoms with van der Waals surface area (Å²) in [5, 5.41) is 7.32. The lowest BCUT2D eigenvalue weighted by Gasteiger charge is -2.17. The maximum Gasteiger partial charge on any atom is 0.238 e. The summed E-state index contributed by atoms with van der Waals surface area (Å²) in [5.41, 5.74) is 1.15. The Morgan fingerprint density at radius 1 is 0.852 bits per heavy atom. The highest BCUT2D eigenvalue weighted by molar-refractivity contribution is 7.89. The molecule has 0 spiro atoms. The van der Waals surface area contributed by atoms with Gasteiger partial charge in [0.1, 0.15) is 0 Å². The van der Waals surface area contributed by atoms with Gasteiger partial charge in [0, 0.05) is 17.6 Å². The van der Waals surface area contributed by atoms with Crippen molar-refractivity contribution in [3.05, 3.63) is 89.0 Å². The number of Topliss-reactive ketones (excluding diaryl/α,β-unsaturated/α-hetero) is 1. The molecule has 0 fully saturated rings. The molecule has 27 heavy (non-hydrogen) atoms. The van der Waals surface area contributed by atoms with Crippen molar-refractivity contribution in [3.8, 4) is 0 Å². The van der Waals surface area contributed by atoms with E-state index in [1.54, 1.807) is 0 Å². The third-order valence-corrected chi connectivity index (χ3v) is 5.58. The topological polar surface area (TPSA) is 94.3 Å². The Bertz CT molecular complexity index is 1260. The van der Waals surface area contributed by atoms with E-state index in [2.05, 4.69) is 0 Å². The van der Waals surface area contributed by atoms with Crippen LogP contribution in [0.4, 0.5) is 0 Å². The maximum atomic E-state index is 12.9. The molecule has 0 bridgehead atoms. The van der Waals surface area contributed by atoms with Gasteiger partial charge in [-0.2, -0.15) is 0 Å². The molecule has 5 nitrogen and oxygen atoms in total.